The molecule has 2 aromatic carbocycles. The third kappa shape index (κ3) is 4.11. The number of halogens is 2. The van der Waals surface area contributed by atoms with Crippen LogP contribution >= 0.6 is 0 Å². The van der Waals surface area contributed by atoms with Gasteiger partial charge >= 0.3 is 0 Å². The number of nitrogens with zero attached hydrogens (tertiary/aromatic N) is 2. The number of hydrogen-bond donors (Lipinski definition) is 1. The molecular weight excluding hydrogens is 348 g/mol. The number of para-hydroxylation sites is 1. The number of carbonyl (C=O) groups excluding carboxylic acids is 1. The molecule has 138 valence electrons. The summed E-state index contributed by atoms with van der Waals surface area (Å²) in [6.45, 7) is 1.95. The summed E-state index contributed by atoms with van der Waals surface area (Å²) in [5.41, 5.74) is 2.68. The Balaban J connectivity index is 1.91. The minimum atomic E-state index is -2.82. The highest BCUT2D eigenvalue weighted by Crippen LogP contribution is 2.29. The molecule has 1 N–H and O–H groups in total. The van der Waals surface area contributed by atoms with Crippen molar-refractivity contribution in [1.82, 2.24) is 9.78 Å². The fourth-order valence-electron chi connectivity index (χ4n) is 2.84. The minimum Gasteiger partial charge on any atom is -0.321 e. The van der Waals surface area contributed by atoms with Crippen LogP contribution in [0, 0.1) is 0 Å². The highest BCUT2D eigenvalue weighted by molar-refractivity contribution is 6.06. The molecule has 1 amide bonds. The highest BCUT2D eigenvalue weighted by atomic mass is 19.3. The number of rotatable bonds is 5. The van der Waals surface area contributed by atoms with E-state index in [0.717, 1.165) is 16.7 Å². The van der Waals surface area contributed by atoms with E-state index < -0.39 is 18.0 Å². The Morgan fingerprint density at radius 1 is 1.15 bits per heavy atom. The first kappa shape index (κ1) is 18.5. The molecule has 0 saturated carbocycles. The number of allylic oxidation sites excluding steroid dienone is 1. The molecule has 1 heterocycles. The fourth-order valence-corrected chi connectivity index (χ4v) is 2.84. The molecule has 0 aliphatic rings. The van der Waals surface area contributed by atoms with Crippen LogP contribution in [0.5, 0.6) is 0 Å². The van der Waals surface area contributed by atoms with Crippen LogP contribution in [0.15, 0.2) is 60.8 Å². The summed E-state index contributed by atoms with van der Waals surface area (Å²) in [6.07, 6.45) is 2.43. The molecule has 0 unspecified atom stereocenters. The molecule has 1 aromatic heterocycles. The highest BCUT2D eigenvalue weighted by Gasteiger charge is 2.23. The predicted molar refractivity (Wildman–Crippen MR) is 103 cm³/mol. The summed E-state index contributed by atoms with van der Waals surface area (Å²) in [5.74, 6) is -0.614. The lowest BCUT2D eigenvalue weighted by molar-refractivity contribution is 0.101. The first-order valence-corrected chi connectivity index (χ1v) is 8.45. The van der Waals surface area contributed by atoms with Crippen molar-refractivity contribution < 1.29 is 13.6 Å². The maximum Gasteiger partial charge on any atom is 0.282 e. The van der Waals surface area contributed by atoms with Crippen molar-refractivity contribution in [3.8, 4) is 11.1 Å². The van der Waals surface area contributed by atoms with E-state index in [1.165, 1.54) is 17.9 Å². The first-order valence-electron chi connectivity index (χ1n) is 8.45. The molecule has 0 spiro atoms. The van der Waals surface area contributed by atoms with E-state index in [4.69, 9.17) is 0 Å². The van der Waals surface area contributed by atoms with Crippen LogP contribution in [0.25, 0.3) is 17.2 Å². The van der Waals surface area contributed by atoms with Gasteiger partial charge in [-0.25, -0.2) is 8.78 Å². The van der Waals surface area contributed by atoms with Crippen molar-refractivity contribution >= 4 is 17.7 Å². The van der Waals surface area contributed by atoms with E-state index in [1.54, 1.807) is 12.1 Å². The molecular formula is C21H19F2N3O. The van der Waals surface area contributed by atoms with Gasteiger partial charge in [0.25, 0.3) is 12.3 Å². The van der Waals surface area contributed by atoms with E-state index in [2.05, 4.69) is 10.4 Å². The largest absolute Gasteiger partial charge is 0.321 e. The van der Waals surface area contributed by atoms with Gasteiger partial charge in [0.1, 0.15) is 5.69 Å². The number of amides is 1. The molecule has 3 aromatic rings. The molecule has 0 aliphatic heterocycles. The van der Waals surface area contributed by atoms with Crippen LogP contribution in [0.2, 0.25) is 0 Å². The van der Waals surface area contributed by atoms with E-state index in [-0.39, 0.29) is 5.56 Å². The molecule has 0 fully saturated rings. The van der Waals surface area contributed by atoms with Gasteiger partial charge in [-0.05, 0) is 24.1 Å². The molecule has 6 heteroatoms. The van der Waals surface area contributed by atoms with Crippen LogP contribution in [-0.2, 0) is 7.05 Å². The molecule has 0 aliphatic carbocycles. The summed E-state index contributed by atoms with van der Waals surface area (Å²) < 4.78 is 27.5. The smallest absolute Gasteiger partial charge is 0.282 e. The van der Waals surface area contributed by atoms with Gasteiger partial charge in [-0.3, -0.25) is 9.48 Å². The summed E-state index contributed by atoms with van der Waals surface area (Å²) in [7, 11) is 1.50. The second-order valence-electron chi connectivity index (χ2n) is 6.02. The van der Waals surface area contributed by atoms with Crippen LogP contribution in [-0.4, -0.2) is 15.7 Å². The summed E-state index contributed by atoms with van der Waals surface area (Å²) in [6, 6.07) is 15.1. The molecule has 4 nitrogen and oxygen atoms in total. The van der Waals surface area contributed by atoms with E-state index in [0.29, 0.717) is 5.69 Å². The number of hydrogen-bond acceptors (Lipinski definition) is 2. The zero-order chi connectivity index (χ0) is 19.4. The molecule has 27 heavy (non-hydrogen) atoms. The number of aryl methyl sites for hydroxylation is 1. The lowest BCUT2D eigenvalue weighted by Gasteiger charge is -2.11. The van der Waals surface area contributed by atoms with Gasteiger partial charge in [0, 0.05) is 24.5 Å². The Labute approximate surface area is 156 Å². The number of benzene rings is 2. The number of anilines is 1. The Morgan fingerprint density at radius 2 is 1.85 bits per heavy atom. The predicted octanol–water partition coefficient (Wildman–Crippen LogP) is 5.31. The quantitative estimate of drug-likeness (QED) is 0.664. The van der Waals surface area contributed by atoms with Gasteiger partial charge in [0.05, 0.1) is 5.56 Å². The van der Waals surface area contributed by atoms with Gasteiger partial charge in [-0.2, -0.15) is 5.10 Å². The van der Waals surface area contributed by atoms with Crippen LogP contribution < -0.4 is 5.32 Å². The second kappa shape index (κ2) is 7.95. The SMILES string of the molecule is CC=Cc1ccc(-c2ccccc2NC(=O)c2cn(C)nc2C(F)F)cc1. The van der Waals surface area contributed by atoms with Crippen molar-refractivity contribution in [1.29, 1.82) is 0 Å². The third-order valence-electron chi connectivity index (χ3n) is 4.06. The van der Waals surface area contributed by atoms with Gasteiger partial charge in [-0.15, -0.1) is 0 Å². The van der Waals surface area contributed by atoms with Gasteiger partial charge in [0.15, 0.2) is 0 Å². The molecule has 0 bridgehead atoms. The van der Waals surface area contributed by atoms with E-state index >= 15 is 0 Å². The zero-order valence-corrected chi connectivity index (χ0v) is 15.0. The molecule has 3 rings (SSSR count). The Hall–Kier alpha value is -3.28. The summed E-state index contributed by atoms with van der Waals surface area (Å²) in [5, 5.41) is 6.41. The number of alkyl halides is 2. The number of aromatic nitrogens is 2. The average Bonchev–Trinajstić information content (AvgIpc) is 3.06. The van der Waals surface area contributed by atoms with Crippen LogP contribution in [0.1, 0.15) is 35.0 Å². The molecule has 0 radical (unpaired) electrons. The Kier molecular flexibility index (Phi) is 5.45. The van der Waals surface area contributed by atoms with Crippen molar-refractivity contribution in [3.63, 3.8) is 0 Å². The maximum absolute atomic E-state index is 13.1. The minimum absolute atomic E-state index is 0.134. The first-order chi connectivity index (χ1) is 13.0. The number of carbonyl (C=O) groups is 1. The summed E-state index contributed by atoms with van der Waals surface area (Å²) in [4.78, 5) is 12.6. The normalized spacial score (nSPS) is 11.3. The van der Waals surface area contributed by atoms with Crippen molar-refractivity contribution in [3.05, 3.63) is 77.6 Å². The molecule has 0 saturated heterocycles. The Morgan fingerprint density at radius 3 is 2.52 bits per heavy atom. The van der Waals surface area contributed by atoms with Crippen molar-refractivity contribution in [2.45, 2.75) is 13.3 Å². The number of nitrogens with one attached hydrogen (secondary N) is 1. The van der Waals surface area contributed by atoms with Gasteiger partial charge in [0.2, 0.25) is 0 Å². The lowest BCUT2D eigenvalue weighted by Crippen LogP contribution is -2.14. The summed E-state index contributed by atoms with van der Waals surface area (Å²) >= 11 is 0. The van der Waals surface area contributed by atoms with Gasteiger partial charge in [-0.1, -0.05) is 54.6 Å². The van der Waals surface area contributed by atoms with E-state index in [1.807, 2.05) is 55.5 Å². The fraction of sp³-hybridized carbons (Fsp3) is 0.143. The monoisotopic (exact) mass is 367 g/mol. The third-order valence-corrected chi connectivity index (χ3v) is 4.06. The topological polar surface area (TPSA) is 46.9 Å². The standard InChI is InChI=1S/C21H19F2N3O/c1-3-6-14-9-11-15(12-10-14)16-7-4-5-8-18(16)24-21(27)17-13-26(2)25-19(17)20(22)23/h3-13,20H,1-2H3,(H,24,27). The zero-order valence-electron chi connectivity index (χ0n) is 15.0. The van der Waals surface area contributed by atoms with Gasteiger partial charge < -0.3 is 5.32 Å². The Bertz CT molecular complexity index is 975. The van der Waals surface area contributed by atoms with E-state index in [9.17, 15) is 13.6 Å². The second-order valence-corrected chi connectivity index (χ2v) is 6.02. The lowest BCUT2D eigenvalue weighted by atomic mass is 10.0. The van der Waals surface area contributed by atoms with Crippen molar-refractivity contribution in [2.75, 3.05) is 5.32 Å². The maximum atomic E-state index is 13.1. The average molecular weight is 367 g/mol. The molecule has 0 atom stereocenters. The van der Waals surface area contributed by atoms with Crippen LogP contribution in [0.3, 0.4) is 0 Å². The van der Waals surface area contributed by atoms with Crippen molar-refractivity contribution in [2.24, 2.45) is 7.05 Å². The van der Waals surface area contributed by atoms with Crippen LogP contribution in [0.4, 0.5) is 14.5 Å².